The number of halogens is 1. The summed E-state index contributed by atoms with van der Waals surface area (Å²) in [5.41, 5.74) is 3.80. The summed E-state index contributed by atoms with van der Waals surface area (Å²) in [6, 6.07) is 13.6. The maximum Gasteiger partial charge on any atom is 0.170 e. The van der Waals surface area contributed by atoms with Gasteiger partial charge in [-0.05, 0) is 30.7 Å². The number of para-hydroxylation sites is 2. The summed E-state index contributed by atoms with van der Waals surface area (Å²) >= 11 is 3.47. The molecule has 2 aromatic carbocycles. The van der Waals surface area contributed by atoms with E-state index in [0.29, 0.717) is 12.0 Å². The third kappa shape index (κ3) is 2.63. The second-order valence-electron chi connectivity index (χ2n) is 5.14. The maximum absolute atomic E-state index is 12.4. The first-order valence-electron chi connectivity index (χ1n) is 6.76. The quantitative estimate of drug-likeness (QED) is 0.672. The molecule has 0 saturated heterocycles. The Morgan fingerprint density at radius 2 is 2.00 bits per heavy atom. The Bertz CT molecular complexity index is 836. The highest BCUT2D eigenvalue weighted by Gasteiger charge is 2.13. The van der Waals surface area contributed by atoms with Crippen LogP contribution in [0.2, 0.25) is 0 Å². The van der Waals surface area contributed by atoms with Crippen molar-refractivity contribution in [3.63, 3.8) is 0 Å². The van der Waals surface area contributed by atoms with Crippen LogP contribution >= 0.6 is 15.9 Å². The number of nitrogens with zero attached hydrogens (tertiary/aromatic N) is 2. The van der Waals surface area contributed by atoms with Crippen molar-refractivity contribution >= 4 is 32.7 Å². The van der Waals surface area contributed by atoms with Crippen LogP contribution < -0.4 is 0 Å². The molecular weight excluding hydrogens is 328 g/mol. The van der Waals surface area contributed by atoms with Crippen LogP contribution in [0.5, 0.6) is 0 Å². The average Bonchev–Trinajstić information content (AvgIpc) is 2.79. The van der Waals surface area contributed by atoms with E-state index in [2.05, 4.69) is 20.9 Å². The highest BCUT2D eigenvalue weighted by molar-refractivity contribution is 9.10. The lowest BCUT2D eigenvalue weighted by atomic mass is 10.1. The maximum atomic E-state index is 12.4. The molecule has 0 aliphatic rings. The van der Waals surface area contributed by atoms with Crippen LogP contribution in [0.25, 0.3) is 11.0 Å². The molecule has 0 amide bonds. The highest BCUT2D eigenvalue weighted by Crippen LogP contribution is 2.20. The van der Waals surface area contributed by atoms with Crippen LogP contribution in [0.15, 0.2) is 46.9 Å². The van der Waals surface area contributed by atoms with Crippen molar-refractivity contribution in [1.82, 2.24) is 9.55 Å². The summed E-state index contributed by atoms with van der Waals surface area (Å²) in [5, 5.41) is 0. The number of Topliss-reactive ketones (excluding diaryl/α,β-unsaturated/α-hetero) is 1. The molecule has 4 heteroatoms. The van der Waals surface area contributed by atoms with E-state index < -0.39 is 0 Å². The van der Waals surface area contributed by atoms with Gasteiger partial charge in [0.2, 0.25) is 0 Å². The van der Waals surface area contributed by atoms with Crippen molar-refractivity contribution in [2.45, 2.75) is 13.3 Å². The Morgan fingerprint density at radius 3 is 2.71 bits per heavy atom. The van der Waals surface area contributed by atoms with Crippen molar-refractivity contribution in [1.29, 1.82) is 0 Å². The summed E-state index contributed by atoms with van der Waals surface area (Å²) < 4.78 is 2.94. The molecule has 106 valence electrons. The molecule has 0 spiro atoms. The van der Waals surface area contributed by atoms with E-state index in [-0.39, 0.29) is 5.78 Å². The Labute approximate surface area is 131 Å². The van der Waals surface area contributed by atoms with E-state index in [1.54, 1.807) is 0 Å². The van der Waals surface area contributed by atoms with Gasteiger partial charge in [0.1, 0.15) is 5.82 Å². The number of carbonyl (C=O) groups excluding carboxylic acids is 1. The lowest BCUT2D eigenvalue weighted by molar-refractivity contribution is 0.0990. The van der Waals surface area contributed by atoms with Crippen LogP contribution in [0, 0.1) is 6.92 Å². The van der Waals surface area contributed by atoms with Gasteiger partial charge in [-0.25, -0.2) is 4.98 Å². The standard InChI is InChI=1S/C17H15BrN2O/c1-11-7-8-12(9-13(11)18)16(21)10-17-19-14-5-3-4-6-15(14)20(17)2/h3-9H,10H2,1-2H3. The van der Waals surface area contributed by atoms with Crippen LogP contribution in [0.4, 0.5) is 0 Å². The normalized spacial score (nSPS) is 11.0. The predicted octanol–water partition coefficient (Wildman–Crippen LogP) is 4.07. The number of hydrogen-bond donors (Lipinski definition) is 0. The van der Waals surface area contributed by atoms with Gasteiger partial charge < -0.3 is 4.57 Å². The third-order valence-electron chi connectivity index (χ3n) is 3.69. The topological polar surface area (TPSA) is 34.9 Å². The molecule has 1 heterocycles. The van der Waals surface area contributed by atoms with E-state index in [1.165, 1.54) is 0 Å². The van der Waals surface area contributed by atoms with Crippen LogP contribution in [-0.2, 0) is 13.5 Å². The molecular formula is C17H15BrN2O. The summed E-state index contributed by atoms with van der Waals surface area (Å²) in [6.45, 7) is 2.00. The number of carbonyl (C=O) groups is 1. The SMILES string of the molecule is Cc1ccc(C(=O)Cc2nc3ccccc3n2C)cc1Br. The molecule has 0 aliphatic heterocycles. The van der Waals surface area contributed by atoms with Crippen LogP contribution in [0.3, 0.4) is 0 Å². The summed E-state index contributed by atoms with van der Waals surface area (Å²) in [7, 11) is 1.95. The van der Waals surface area contributed by atoms with Gasteiger partial charge >= 0.3 is 0 Å². The molecule has 3 rings (SSSR count). The van der Waals surface area contributed by atoms with Crippen LogP contribution in [0.1, 0.15) is 21.7 Å². The van der Waals surface area contributed by atoms with Crippen molar-refractivity contribution in [3.05, 3.63) is 63.9 Å². The third-order valence-corrected chi connectivity index (χ3v) is 4.55. The molecule has 0 aliphatic carbocycles. The van der Waals surface area contributed by atoms with E-state index in [4.69, 9.17) is 0 Å². The van der Waals surface area contributed by atoms with Crippen molar-refractivity contribution in [2.75, 3.05) is 0 Å². The highest BCUT2D eigenvalue weighted by atomic mass is 79.9. The number of ketones is 1. The molecule has 3 nitrogen and oxygen atoms in total. The first-order chi connectivity index (χ1) is 10.1. The fourth-order valence-electron chi connectivity index (χ4n) is 2.37. The van der Waals surface area contributed by atoms with Gasteiger partial charge in [0.05, 0.1) is 17.5 Å². The Morgan fingerprint density at radius 1 is 1.24 bits per heavy atom. The number of hydrogen-bond acceptors (Lipinski definition) is 2. The van der Waals surface area contributed by atoms with Gasteiger partial charge in [-0.15, -0.1) is 0 Å². The minimum atomic E-state index is 0.0779. The first-order valence-corrected chi connectivity index (χ1v) is 7.55. The summed E-state index contributed by atoms with van der Waals surface area (Å²) in [4.78, 5) is 17.0. The molecule has 0 fully saturated rings. The molecule has 1 aromatic heterocycles. The molecule has 0 bridgehead atoms. The smallest absolute Gasteiger partial charge is 0.170 e. The van der Waals surface area contributed by atoms with Crippen molar-refractivity contribution in [3.8, 4) is 0 Å². The lowest BCUT2D eigenvalue weighted by Gasteiger charge is -2.04. The molecule has 21 heavy (non-hydrogen) atoms. The Balaban J connectivity index is 1.92. The van der Waals surface area contributed by atoms with Gasteiger partial charge in [0, 0.05) is 17.1 Å². The predicted molar refractivity (Wildman–Crippen MR) is 87.6 cm³/mol. The van der Waals surface area contributed by atoms with Gasteiger partial charge in [-0.3, -0.25) is 4.79 Å². The minimum Gasteiger partial charge on any atom is -0.331 e. The van der Waals surface area contributed by atoms with Gasteiger partial charge in [0.25, 0.3) is 0 Å². The van der Waals surface area contributed by atoms with Gasteiger partial charge in [-0.1, -0.05) is 40.2 Å². The zero-order chi connectivity index (χ0) is 15.0. The number of imidazole rings is 1. The van der Waals surface area contributed by atoms with Gasteiger partial charge in [-0.2, -0.15) is 0 Å². The lowest BCUT2D eigenvalue weighted by Crippen LogP contribution is -2.08. The van der Waals surface area contributed by atoms with E-state index in [9.17, 15) is 4.79 Å². The monoisotopic (exact) mass is 342 g/mol. The van der Waals surface area contributed by atoms with E-state index >= 15 is 0 Å². The van der Waals surface area contributed by atoms with E-state index in [1.807, 2.05) is 61.0 Å². The zero-order valence-electron chi connectivity index (χ0n) is 11.9. The molecule has 0 N–H and O–H groups in total. The number of fused-ring (bicyclic) bond motifs is 1. The summed E-state index contributed by atoms with van der Waals surface area (Å²) in [5.74, 6) is 0.868. The fourth-order valence-corrected chi connectivity index (χ4v) is 2.74. The Kier molecular flexibility index (Phi) is 3.64. The number of aromatic nitrogens is 2. The first kappa shape index (κ1) is 14.0. The van der Waals surface area contributed by atoms with Crippen LogP contribution in [-0.4, -0.2) is 15.3 Å². The summed E-state index contributed by atoms with van der Waals surface area (Å²) in [6.07, 6.45) is 0.306. The second kappa shape index (κ2) is 5.45. The Hall–Kier alpha value is -1.94. The largest absolute Gasteiger partial charge is 0.331 e. The second-order valence-corrected chi connectivity index (χ2v) is 5.99. The zero-order valence-corrected chi connectivity index (χ0v) is 13.5. The van der Waals surface area contributed by atoms with Crippen molar-refractivity contribution < 1.29 is 4.79 Å². The average molecular weight is 343 g/mol. The molecule has 0 atom stereocenters. The molecule has 0 unspecified atom stereocenters. The van der Waals surface area contributed by atoms with E-state index in [0.717, 1.165) is 26.9 Å². The van der Waals surface area contributed by atoms with Gasteiger partial charge in [0.15, 0.2) is 5.78 Å². The number of benzene rings is 2. The number of aryl methyl sites for hydroxylation is 2. The molecule has 0 radical (unpaired) electrons. The van der Waals surface area contributed by atoms with Crippen molar-refractivity contribution in [2.24, 2.45) is 7.05 Å². The number of rotatable bonds is 3. The molecule has 0 saturated carbocycles. The molecule has 3 aromatic rings. The minimum absolute atomic E-state index is 0.0779. The fraction of sp³-hybridized carbons (Fsp3) is 0.176.